The molecule has 2 fully saturated rings. The van der Waals surface area contributed by atoms with E-state index in [1.54, 1.807) is 0 Å². The summed E-state index contributed by atoms with van der Waals surface area (Å²) in [5, 5.41) is 9.11. The maximum absolute atomic E-state index is 11.9. The molecule has 2 heterocycles. The minimum atomic E-state index is -0.702. The zero-order valence-corrected chi connectivity index (χ0v) is 13.5. The Morgan fingerprint density at radius 3 is 2.50 bits per heavy atom. The monoisotopic (exact) mass is 312 g/mol. The van der Waals surface area contributed by atoms with Gasteiger partial charge < -0.3 is 9.84 Å². The number of carboxylic acid groups (broad SMARTS) is 1. The van der Waals surface area contributed by atoms with Crippen LogP contribution in [0.5, 0.6) is 0 Å². The van der Waals surface area contributed by atoms with Gasteiger partial charge in [0.2, 0.25) is 0 Å². The van der Waals surface area contributed by atoms with Gasteiger partial charge in [-0.15, -0.1) is 0 Å². The van der Waals surface area contributed by atoms with Crippen LogP contribution in [0.15, 0.2) is 0 Å². The minimum Gasteiger partial charge on any atom is -0.480 e. The number of esters is 1. The normalized spacial score (nSPS) is 26.4. The van der Waals surface area contributed by atoms with Crippen molar-refractivity contribution in [2.24, 2.45) is 0 Å². The molecule has 1 N–H and O–H groups in total. The third-order valence-corrected chi connectivity index (χ3v) is 4.78. The van der Waals surface area contributed by atoms with Crippen molar-refractivity contribution in [1.29, 1.82) is 0 Å². The van der Waals surface area contributed by atoms with Gasteiger partial charge in [-0.3, -0.25) is 19.4 Å². The van der Waals surface area contributed by atoms with Crippen molar-refractivity contribution in [1.82, 2.24) is 9.80 Å². The zero-order valence-electron chi connectivity index (χ0n) is 13.5. The Kier molecular flexibility index (Phi) is 6.64. The molecule has 0 aliphatic carbocycles. The van der Waals surface area contributed by atoms with E-state index in [9.17, 15) is 9.59 Å². The Bertz CT molecular complexity index is 388. The Hall–Kier alpha value is -1.14. The number of carbonyl (C=O) groups is 2. The van der Waals surface area contributed by atoms with Gasteiger partial charge in [0.25, 0.3) is 0 Å². The highest BCUT2D eigenvalue weighted by Crippen LogP contribution is 2.18. The van der Waals surface area contributed by atoms with E-state index in [1.807, 2.05) is 7.05 Å². The fraction of sp³-hybridized carbons (Fsp3) is 0.875. The number of likely N-dealkylation sites (tertiary alicyclic amines) is 2. The second kappa shape index (κ2) is 8.48. The third-order valence-electron chi connectivity index (χ3n) is 4.78. The number of rotatable bonds is 8. The van der Waals surface area contributed by atoms with Crippen LogP contribution in [0.2, 0.25) is 0 Å². The topological polar surface area (TPSA) is 70.1 Å². The minimum absolute atomic E-state index is 0.0547. The van der Waals surface area contributed by atoms with Crippen LogP contribution in [-0.2, 0) is 14.3 Å². The second-order valence-electron chi connectivity index (χ2n) is 6.40. The number of aliphatic carboxylic acids is 1. The van der Waals surface area contributed by atoms with E-state index in [1.165, 1.54) is 0 Å². The van der Waals surface area contributed by atoms with Gasteiger partial charge in [-0.25, -0.2) is 0 Å². The molecule has 0 bridgehead atoms. The summed E-state index contributed by atoms with van der Waals surface area (Å²) in [4.78, 5) is 27.1. The van der Waals surface area contributed by atoms with E-state index < -0.39 is 5.97 Å². The number of nitrogens with zero attached hydrogens (tertiary/aromatic N) is 2. The number of hydrogen-bond donors (Lipinski definition) is 1. The van der Waals surface area contributed by atoms with Gasteiger partial charge in [0.1, 0.15) is 12.1 Å². The highest BCUT2D eigenvalue weighted by molar-refractivity contribution is 5.76. The molecule has 0 aromatic carbocycles. The number of hydrogen-bond acceptors (Lipinski definition) is 5. The molecule has 0 amide bonds. The summed E-state index contributed by atoms with van der Waals surface area (Å²) in [5.74, 6) is -0.794. The molecule has 2 atom stereocenters. The van der Waals surface area contributed by atoms with E-state index in [2.05, 4.69) is 9.80 Å². The van der Waals surface area contributed by atoms with Crippen molar-refractivity contribution in [3.05, 3.63) is 0 Å². The van der Waals surface area contributed by atoms with Crippen molar-refractivity contribution in [2.45, 2.75) is 57.0 Å². The molecule has 0 radical (unpaired) electrons. The molecular weight excluding hydrogens is 284 g/mol. The summed E-state index contributed by atoms with van der Waals surface area (Å²) in [6.45, 7) is 3.17. The maximum Gasteiger partial charge on any atom is 0.323 e. The lowest BCUT2D eigenvalue weighted by Crippen LogP contribution is -2.36. The molecule has 0 aromatic heterocycles. The zero-order chi connectivity index (χ0) is 15.9. The van der Waals surface area contributed by atoms with Crippen LogP contribution in [-0.4, -0.2) is 72.2 Å². The summed E-state index contributed by atoms with van der Waals surface area (Å²) in [5.41, 5.74) is 0. The van der Waals surface area contributed by atoms with Crippen LogP contribution in [0, 0.1) is 0 Å². The van der Waals surface area contributed by atoms with Crippen molar-refractivity contribution in [3.63, 3.8) is 0 Å². The smallest absolute Gasteiger partial charge is 0.323 e. The molecular formula is C16H28N2O4. The number of ether oxygens (including phenoxy) is 1. The van der Waals surface area contributed by atoms with Gasteiger partial charge in [0.05, 0.1) is 6.61 Å². The molecule has 2 rings (SSSR count). The van der Waals surface area contributed by atoms with Crippen molar-refractivity contribution in [2.75, 3.05) is 33.3 Å². The lowest BCUT2D eigenvalue weighted by Gasteiger charge is -2.20. The van der Waals surface area contributed by atoms with Crippen LogP contribution in [0.3, 0.4) is 0 Å². The average Bonchev–Trinajstić information content (AvgIpc) is 3.11. The molecule has 0 spiro atoms. The molecule has 0 aromatic rings. The Labute approximate surface area is 132 Å². The van der Waals surface area contributed by atoms with Crippen LogP contribution < -0.4 is 0 Å². The molecule has 6 heteroatoms. The van der Waals surface area contributed by atoms with Gasteiger partial charge in [0, 0.05) is 0 Å². The Morgan fingerprint density at radius 2 is 1.82 bits per heavy atom. The number of unbranched alkanes of at least 4 members (excludes halogenated alkanes) is 2. The highest BCUT2D eigenvalue weighted by atomic mass is 16.5. The summed E-state index contributed by atoms with van der Waals surface area (Å²) in [7, 11) is 1.97. The molecule has 2 aliphatic rings. The molecule has 2 aliphatic heterocycles. The van der Waals surface area contributed by atoms with Gasteiger partial charge in [-0.1, -0.05) is 0 Å². The van der Waals surface area contributed by atoms with E-state index in [0.29, 0.717) is 6.61 Å². The van der Waals surface area contributed by atoms with E-state index in [-0.39, 0.29) is 18.1 Å². The Morgan fingerprint density at radius 1 is 1.09 bits per heavy atom. The van der Waals surface area contributed by atoms with E-state index in [4.69, 9.17) is 9.84 Å². The second-order valence-corrected chi connectivity index (χ2v) is 6.40. The largest absolute Gasteiger partial charge is 0.480 e. The quantitative estimate of drug-likeness (QED) is 0.539. The molecule has 22 heavy (non-hydrogen) atoms. The first-order chi connectivity index (χ1) is 10.6. The van der Waals surface area contributed by atoms with Crippen molar-refractivity contribution < 1.29 is 19.4 Å². The maximum atomic E-state index is 11.9. The molecule has 2 saturated heterocycles. The first-order valence-corrected chi connectivity index (χ1v) is 8.43. The van der Waals surface area contributed by atoms with Crippen LogP contribution in [0.4, 0.5) is 0 Å². The summed E-state index contributed by atoms with van der Waals surface area (Å²) >= 11 is 0. The van der Waals surface area contributed by atoms with E-state index in [0.717, 1.165) is 64.6 Å². The fourth-order valence-corrected chi connectivity index (χ4v) is 3.44. The molecule has 2 unspecified atom stereocenters. The lowest BCUT2D eigenvalue weighted by atomic mass is 10.2. The van der Waals surface area contributed by atoms with Crippen molar-refractivity contribution in [3.8, 4) is 0 Å². The van der Waals surface area contributed by atoms with E-state index >= 15 is 0 Å². The first kappa shape index (κ1) is 17.2. The summed E-state index contributed by atoms with van der Waals surface area (Å²) in [6.07, 6.45) is 6.50. The highest BCUT2D eigenvalue weighted by Gasteiger charge is 2.30. The van der Waals surface area contributed by atoms with Crippen LogP contribution in [0.1, 0.15) is 44.9 Å². The standard InChI is InChI=1S/C16H28N2O4/c1-17-9-5-8-14(17)16(21)22-12-4-2-3-10-18-11-6-7-13(18)15(19)20/h13-14H,2-12H2,1H3,(H,19,20). The van der Waals surface area contributed by atoms with Gasteiger partial charge >= 0.3 is 11.9 Å². The molecule has 126 valence electrons. The molecule has 6 nitrogen and oxygen atoms in total. The summed E-state index contributed by atoms with van der Waals surface area (Å²) in [6, 6.07) is -0.350. The lowest BCUT2D eigenvalue weighted by molar-refractivity contribution is -0.148. The SMILES string of the molecule is CN1CCCC1C(=O)OCCCCCN1CCCC1C(=O)O. The number of carboxylic acids is 1. The predicted octanol–water partition coefficient (Wildman–Crippen LogP) is 1.34. The third kappa shape index (κ3) is 4.68. The average molecular weight is 312 g/mol. The van der Waals surface area contributed by atoms with Gasteiger partial charge in [0.15, 0.2) is 0 Å². The summed E-state index contributed by atoms with van der Waals surface area (Å²) < 4.78 is 5.34. The van der Waals surface area contributed by atoms with Crippen molar-refractivity contribution >= 4 is 11.9 Å². The molecule has 0 saturated carbocycles. The predicted molar refractivity (Wildman–Crippen MR) is 82.7 cm³/mol. The number of carbonyl (C=O) groups excluding carboxylic acids is 1. The number of likely N-dealkylation sites (N-methyl/N-ethyl adjacent to an activating group) is 1. The van der Waals surface area contributed by atoms with Crippen LogP contribution >= 0.6 is 0 Å². The van der Waals surface area contributed by atoms with Crippen LogP contribution in [0.25, 0.3) is 0 Å². The fourth-order valence-electron chi connectivity index (χ4n) is 3.44. The van der Waals surface area contributed by atoms with Gasteiger partial charge in [-0.2, -0.15) is 0 Å². The first-order valence-electron chi connectivity index (χ1n) is 8.43. The van der Waals surface area contributed by atoms with Gasteiger partial charge in [-0.05, 0) is 71.6 Å². The Balaban J connectivity index is 1.52.